The van der Waals surface area contributed by atoms with E-state index in [9.17, 15) is 4.79 Å². The van der Waals surface area contributed by atoms with Gasteiger partial charge in [0.2, 0.25) is 11.9 Å². The van der Waals surface area contributed by atoms with Gasteiger partial charge in [0.05, 0.1) is 19.9 Å². The van der Waals surface area contributed by atoms with E-state index in [0.29, 0.717) is 23.3 Å². The Morgan fingerprint density at radius 1 is 0.929 bits per heavy atom. The number of hydrogen-bond acceptors (Lipinski definition) is 7. The molecule has 1 amide bonds. The van der Waals surface area contributed by atoms with E-state index in [0.717, 1.165) is 17.1 Å². The molecule has 0 aliphatic rings. The first-order valence-electron chi connectivity index (χ1n) is 8.54. The topological polar surface area (TPSA) is 97.4 Å². The molecule has 0 atom stereocenters. The summed E-state index contributed by atoms with van der Waals surface area (Å²) in [6.45, 7) is 1.47. The van der Waals surface area contributed by atoms with E-state index in [1.54, 1.807) is 38.6 Å². The fourth-order valence-corrected chi connectivity index (χ4v) is 2.51. The Hall–Kier alpha value is -3.81. The van der Waals surface area contributed by atoms with Gasteiger partial charge in [-0.15, -0.1) is 0 Å². The largest absolute Gasteiger partial charge is 0.497 e. The molecule has 0 saturated carbocycles. The van der Waals surface area contributed by atoms with E-state index < -0.39 is 0 Å². The number of rotatable bonds is 7. The Kier molecular flexibility index (Phi) is 5.91. The van der Waals surface area contributed by atoms with Crippen LogP contribution in [0.4, 0.5) is 28.8 Å². The molecule has 0 bridgehead atoms. The summed E-state index contributed by atoms with van der Waals surface area (Å²) in [5.41, 5.74) is 2.25. The van der Waals surface area contributed by atoms with Gasteiger partial charge in [-0.25, -0.2) is 4.98 Å². The number of carbonyl (C=O) groups is 1. The van der Waals surface area contributed by atoms with Crippen LogP contribution in [0.15, 0.2) is 54.7 Å². The van der Waals surface area contributed by atoms with E-state index in [1.807, 2.05) is 30.3 Å². The van der Waals surface area contributed by atoms with Gasteiger partial charge in [0, 0.05) is 30.6 Å². The van der Waals surface area contributed by atoms with Crippen LogP contribution in [0, 0.1) is 0 Å². The molecule has 3 N–H and O–H groups in total. The molecular formula is C20H21N5O3. The summed E-state index contributed by atoms with van der Waals surface area (Å²) < 4.78 is 10.6. The SMILES string of the molecule is COc1ccc(OC)c(Nc2ccnc(Nc3ccc(NC(C)=O)cc3)n2)c1. The van der Waals surface area contributed by atoms with E-state index in [4.69, 9.17) is 9.47 Å². The number of carbonyl (C=O) groups excluding carboxylic acids is 1. The van der Waals surface area contributed by atoms with E-state index in [-0.39, 0.29) is 5.91 Å². The lowest BCUT2D eigenvalue weighted by atomic mass is 10.2. The van der Waals surface area contributed by atoms with Gasteiger partial charge in [0.1, 0.15) is 17.3 Å². The lowest BCUT2D eigenvalue weighted by Crippen LogP contribution is -2.05. The van der Waals surface area contributed by atoms with Gasteiger partial charge < -0.3 is 25.4 Å². The van der Waals surface area contributed by atoms with Gasteiger partial charge in [-0.2, -0.15) is 4.98 Å². The summed E-state index contributed by atoms with van der Waals surface area (Å²) in [5, 5.41) is 9.06. The van der Waals surface area contributed by atoms with Gasteiger partial charge in [0.25, 0.3) is 0 Å². The van der Waals surface area contributed by atoms with Crippen molar-refractivity contribution in [3.63, 3.8) is 0 Å². The van der Waals surface area contributed by atoms with Crippen molar-refractivity contribution in [1.29, 1.82) is 0 Å². The predicted molar refractivity (Wildman–Crippen MR) is 109 cm³/mol. The van der Waals surface area contributed by atoms with Crippen molar-refractivity contribution in [2.75, 3.05) is 30.2 Å². The van der Waals surface area contributed by atoms with Crippen LogP contribution in [0.25, 0.3) is 0 Å². The summed E-state index contributed by atoms with van der Waals surface area (Å²) in [6, 6.07) is 14.5. The van der Waals surface area contributed by atoms with Crippen LogP contribution in [-0.2, 0) is 4.79 Å². The molecule has 0 aliphatic carbocycles. The maximum Gasteiger partial charge on any atom is 0.229 e. The number of anilines is 5. The summed E-state index contributed by atoms with van der Waals surface area (Å²) in [7, 11) is 3.21. The number of ether oxygens (including phenoxy) is 2. The molecule has 8 heteroatoms. The second-order valence-corrected chi connectivity index (χ2v) is 5.84. The number of nitrogens with zero attached hydrogens (tertiary/aromatic N) is 2. The summed E-state index contributed by atoms with van der Waals surface area (Å²) in [4.78, 5) is 19.8. The first-order chi connectivity index (χ1) is 13.6. The molecule has 8 nitrogen and oxygen atoms in total. The monoisotopic (exact) mass is 379 g/mol. The van der Waals surface area contributed by atoms with Crippen molar-refractivity contribution < 1.29 is 14.3 Å². The van der Waals surface area contributed by atoms with Crippen molar-refractivity contribution in [1.82, 2.24) is 9.97 Å². The molecule has 0 saturated heterocycles. The smallest absolute Gasteiger partial charge is 0.229 e. The molecule has 0 aliphatic heterocycles. The van der Waals surface area contributed by atoms with Gasteiger partial charge in [0.15, 0.2) is 0 Å². The lowest BCUT2D eigenvalue weighted by molar-refractivity contribution is -0.114. The first-order valence-corrected chi connectivity index (χ1v) is 8.54. The highest BCUT2D eigenvalue weighted by Gasteiger charge is 2.07. The quantitative estimate of drug-likeness (QED) is 0.572. The van der Waals surface area contributed by atoms with Crippen molar-refractivity contribution in [3.05, 3.63) is 54.7 Å². The molecule has 28 heavy (non-hydrogen) atoms. The minimum absolute atomic E-state index is 0.115. The van der Waals surface area contributed by atoms with Crippen LogP contribution >= 0.6 is 0 Å². The van der Waals surface area contributed by atoms with Crippen LogP contribution in [0.2, 0.25) is 0 Å². The molecule has 0 fully saturated rings. The maximum absolute atomic E-state index is 11.1. The molecule has 1 heterocycles. The number of aromatic nitrogens is 2. The molecule has 2 aromatic carbocycles. The Morgan fingerprint density at radius 2 is 1.68 bits per heavy atom. The third kappa shape index (κ3) is 4.88. The average molecular weight is 379 g/mol. The normalized spacial score (nSPS) is 10.1. The van der Waals surface area contributed by atoms with E-state index >= 15 is 0 Å². The second-order valence-electron chi connectivity index (χ2n) is 5.84. The molecule has 0 unspecified atom stereocenters. The number of nitrogens with one attached hydrogen (secondary N) is 3. The number of hydrogen-bond donors (Lipinski definition) is 3. The van der Waals surface area contributed by atoms with Crippen molar-refractivity contribution in [2.45, 2.75) is 6.92 Å². The fraction of sp³-hybridized carbons (Fsp3) is 0.150. The van der Waals surface area contributed by atoms with Crippen molar-refractivity contribution in [3.8, 4) is 11.5 Å². The molecule has 3 aromatic rings. The highest BCUT2D eigenvalue weighted by Crippen LogP contribution is 2.31. The van der Waals surface area contributed by atoms with Crippen LogP contribution in [0.5, 0.6) is 11.5 Å². The summed E-state index contributed by atoms with van der Waals surface area (Å²) >= 11 is 0. The fourth-order valence-electron chi connectivity index (χ4n) is 2.51. The van der Waals surface area contributed by atoms with Gasteiger partial charge >= 0.3 is 0 Å². The minimum atomic E-state index is -0.115. The maximum atomic E-state index is 11.1. The molecule has 0 radical (unpaired) electrons. The average Bonchev–Trinajstić information content (AvgIpc) is 2.69. The Morgan fingerprint density at radius 3 is 2.36 bits per heavy atom. The molecular weight excluding hydrogens is 358 g/mol. The lowest BCUT2D eigenvalue weighted by Gasteiger charge is -2.13. The van der Waals surface area contributed by atoms with Crippen LogP contribution in [-0.4, -0.2) is 30.1 Å². The highest BCUT2D eigenvalue weighted by atomic mass is 16.5. The first kappa shape index (κ1) is 19.0. The van der Waals surface area contributed by atoms with Gasteiger partial charge in [-0.3, -0.25) is 4.79 Å². The van der Waals surface area contributed by atoms with E-state index in [2.05, 4.69) is 25.9 Å². The van der Waals surface area contributed by atoms with Crippen molar-refractivity contribution in [2.24, 2.45) is 0 Å². The zero-order chi connectivity index (χ0) is 19.9. The number of amides is 1. The highest BCUT2D eigenvalue weighted by molar-refractivity contribution is 5.88. The molecule has 3 rings (SSSR count). The van der Waals surface area contributed by atoms with Crippen LogP contribution in [0.3, 0.4) is 0 Å². The van der Waals surface area contributed by atoms with Crippen LogP contribution in [0.1, 0.15) is 6.92 Å². The summed E-state index contributed by atoms with van der Waals surface area (Å²) in [5.74, 6) is 2.28. The minimum Gasteiger partial charge on any atom is -0.497 e. The number of methoxy groups -OCH3 is 2. The Bertz CT molecular complexity index is 960. The third-order valence-corrected chi connectivity index (χ3v) is 3.79. The number of benzene rings is 2. The Balaban J connectivity index is 1.75. The van der Waals surface area contributed by atoms with E-state index in [1.165, 1.54) is 6.92 Å². The molecule has 144 valence electrons. The van der Waals surface area contributed by atoms with Gasteiger partial charge in [-0.1, -0.05) is 0 Å². The molecule has 1 aromatic heterocycles. The standard InChI is InChI=1S/C20H21N5O3/c1-13(26)22-14-4-6-15(7-5-14)23-20-21-11-10-19(25-20)24-17-12-16(27-2)8-9-18(17)28-3/h4-12H,1-3H3,(H,22,26)(H2,21,23,24,25). The zero-order valence-electron chi connectivity index (χ0n) is 15.8. The predicted octanol–water partition coefficient (Wildman–Crippen LogP) is 3.94. The third-order valence-electron chi connectivity index (χ3n) is 3.79. The molecule has 0 spiro atoms. The van der Waals surface area contributed by atoms with Gasteiger partial charge in [-0.05, 0) is 42.5 Å². The zero-order valence-corrected chi connectivity index (χ0v) is 15.8. The summed E-state index contributed by atoms with van der Waals surface area (Å²) in [6.07, 6.45) is 1.65. The van der Waals surface area contributed by atoms with Crippen molar-refractivity contribution >= 4 is 34.7 Å². The Labute approximate surface area is 162 Å². The van der Waals surface area contributed by atoms with Crippen LogP contribution < -0.4 is 25.4 Å². The second kappa shape index (κ2) is 8.72.